The molecule has 0 radical (unpaired) electrons. The third-order valence-corrected chi connectivity index (χ3v) is 8.56. The molecule has 4 aliphatic carbocycles. The highest BCUT2D eigenvalue weighted by Gasteiger charge is 2.49. The molecular weight excluding hydrogens is 396 g/mol. The molecule has 0 atom stereocenters. The maximum Gasteiger partial charge on any atom is 0.240 e. The smallest absolute Gasteiger partial charge is 0.240 e. The summed E-state index contributed by atoms with van der Waals surface area (Å²) >= 11 is 5.86. The SMILES string of the molecule is CC(C)(NS(=O)(=O)Cc1ccc(Cl)cc1)C(=O)NC1C2CC3CC(C2)CC1C3. The molecule has 0 spiro atoms. The second-order valence-electron chi connectivity index (χ2n) is 9.54. The number of amides is 1. The summed E-state index contributed by atoms with van der Waals surface area (Å²) in [7, 11) is -3.67. The molecular formula is C21H29ClN2O3S. The molecule has 0 heterocycles. The second kappa shape index (κ2) is 7.29. The number of rotatable bonds is 6. The van der Waals surface area contributed by atoms with Crippen molar-refractivity contribution in [2.45, 2.75) is 63.3 Å². The van der Waals surface area contributed by atoms with Gasteiger partial charge in [-0.3, -0.25) is 4.79 Å². The van der Waals surface area contributed by atoms with Crippen LogP contribution in [0.3, 0.4) is 0 Å². The molecule has 2 N–H and O–H groups in total. The molecule has 4 bridgehead atoms. The summed E-state index contributed by atoms with van der Waals surface area (Å²) in [6, 6.07) is 6.89. The third-order valence-electron chi connectivity index (χ3n) is 6.77. The Labute approximate surface area is 172 Å². The van der Waals surface area contributed by atoms with Crippen molar-refractivity contribution in [3.63, 3.8) is 0 Å². The number of hydrogen-bond acceptors (Lipinski definition) is 3. The zero-order valence-corrected chi connectivity index (χ0v) is 18.0. The molecule has 1 aromatic rings. The van der Waals surface area contributed by atoms with Crippen LogP contribution in [0.5, 0.6) is 0 Å². The molecule has 5 nitrogen and oxygen atoms in total. The van der Waals surface area contributed by atoms with Crippen molar-refractivity contribution in [2.75, 3.05) is 0 Å². The average molecular weight is 425 g/mol. The van der Waals surface area contributed by atoms with Gasteiger partial charge < -0.3 is 5.32 Å². The average Bonchev–Trinajstić information content (AvgIpc) is 2.58. The third kappa shape index (κ3) is 4.24. The van der Waals surface area contributed by atoms with Crippen LogP contribution in [-0.4, -0.2) is 25.9 Å². The van der Waals surface area contributed by atoms with Gasteiger partial charge in [0.2, 0.25) is 15.9 Å². The lowest BCUT2D eigenvalue weighted by atomic mass is 9.54. The first-order valence-corrected chi connectivity index (χ1v) is 12.2. The van der Waals surface area contributed by atoms with E-state index in [1.165, 1.54) is 32.1 Å². The lowest BCUT2D eigenvalue weighted by Crippen LogP contribution is -2.62. The fourth-order valence-electron chi connectivity index (χ4n) is 5.76. The van der Waals surface area contributed by atoms with Gasteiger partial charge in [0.05, 0.1) is 5.75 Å². The number of sulfonamides is 1. The van der Waals surface area contributed by atoms with E-state index in [4.69, 9.17) is 11.6 Å². The second-order valence-corrected chi connectivity index (χ2v) is 11.7. The Morgan fingerprint density at radius 1 is 1.04 bits per heavy atom. The number of benzene rings is 1. The molecule has 4 fully saturated rings. The summed E-state index contributed by atoms with van der Waals surface area (Å²) in [6.45, 7) is 3.27. The van der Waals surface area contributed by atoms with Crippen LogP contribution in [0.1, 0.15) is 51.5 Å². The quantitative estimate of drug-likeness (QED) is 0.734. The van der Waals surface area contributed by atoms with Gasteiger partial charge >= 0.3 is 0 Å². The zero-order valence-electron chi connectivity index (χ0n) is 16.4. The van der Waals surface area contributed by atoms with Crippen LogP contribution in [0, 0.1) is 23.7 Å². The number of hydrogen-bond donors (Lipinski definition) is 2. The van der Waals surface area contributed by atoms with Gasteiger partial charge in [0, 0.05) is 11.1 Å². The van der Waals surface area contributed by atoms with Crippen LogP contribution >= 0.6 is 11.6 Å². The van der Waals surface area contributed by atoms with Gasteiger partial charge in [-0.15, -0.1) is 0 Å². The molecule has 0 aliphatic heterocycles. The Bertz CT molecular complexity index is 823. The topological polar surface area (TPSA) is 75.3 Å². The van der Waals surface area contributed by atoms with Crippen LogP contribution in [0.2, 0.25) is 5.02 Å². The van der Waals surface area contributed by atoms with E-state index in [1.807, 2.05) is 0 Å². The molecule has 7 heteroatoms. The normalized spacial score (nSPS) is 31.8. The Kier molecular flexibility index (Phi) is 5.26. The van der Waals surface area contributed by atoms with Crippen LogP contribution in [0.15, 0.2) is 24.3 Å². The van der Waals surface area contributed by atoms with Gasteiger partial charge in [-0.25, -0.2) is 8.42 Å². The summed E-state index contributed by atoms with van der Waals surface area (Å²) in [5.41, 5.74) is -0.561. The molecule has 4 aliphatic rings. The van der Waals surface area contributed by atoms with Crippen molar-refractivity contribution < 1.29 is 13.2 Å². The first-order valence-electron chi connectivity index (χ1n) is 10.2. The van der Waals surface area contributed by atoms with E-state index in [9.17, 15) is 13.2 Å². The Morgan fingerprint density at radius 2 is 1.57 bits per heavy atom. The Morgan fingerprint density at radius 3 is 2.11 bits per heavy atom. The van der Waals surface area contributed by atoms with E-state index in [-0.39, 0.29) is 17.7 Å². The van der Waals surface area contributed by atoms with Crippen LogP contribution < -0.4 is 10.0 Å². The highest BCUT2D eigenvalue weighted by atomic mass is 35.5. The van der Waals surface area contributed by atoms with E-state index >= 15 is 0 Å². The van der Waals surface area contributed by atoms with E-state index in [0.29, 0.717) is 22.4 Å². The Hall–Kier alpha value is -1.11. The van der Waals surface area contributed by atoms with Crippen molar-refractivity contribution in [3.05, 3.63) is 34.9 Å². The first-order chi connectivity index (χ1) is 13.1. The van der Waals surface area contributed by atoms with Gasteiger partial charge in [0.25, 0.3) is 0 Å². The minimum absolute atomic E-state index is 0.182. The van der Waals surface area contributed by atoms with Crippen molar-refractivity contribution in [2.24, 2.45) is 23.7 Å². The number of halogens is 1. The highest BCUT2D eigenvalue weighted by molar-refractivity contribution is 7.88. The molecule has 154 valence electrons. The summed E-state index contributed by atoms with van der Waals surface area (Å²) in [6.07, 6.45) is 6.20. The summed E-state index contributed by atoms with van der Waals surface area (Å²) in [5, 5.41) is 3.77. The van der Waals surface area contributed by atoms with Crippen LogP contribution in [-0.2, 0) is 20.6 Å². The molecule has 1 aromatic carbocycles. The van der Waals surface area contributed by atoms with Crippen molar-refractivity contribution in [1.82, 2.24) is 10.0 Å². The number of nitrogens with one attached hydrogen (secondary N) is 2. The van der Waals surface area contributed by atoms with Crippen LogP contribution in [0.4, 0.5) is 0 Å². The molecule has 5 rings (SSSR count). The molecule has 0 aromatic heterocycles. The van der Waals surface area contributed by atoms with Gasteiger partial charge in [0.15, 0.2) is 0 Å². The zero-order chi connectivity index (χ0) is 20.1. The van der Waals surface area contributed by atoms with Crippen molar-refractivity contribution >= 4 is 27.5 Å². The monoisotopic (exact) mass is 424 g/mol. The maximum absolute atomic E-state index is 13.0. The van der Waals surface area contributed by atoms with E-state index < -0.39 is 15.6 Å². The van der Waals surface area contributed by atoms with Crippen molar-refractivity contribution in [1.29, 1.82) is 0 Å². The fourth-order valence-corrected chi connectivity index (χ4v) is 7.46. The minimum atomic E-state index is -3.67. The van der Waals surface area contributed by atoms with E-state index in [2.05, 4.69) is 10.0 Å². The standard InChI is InChI=1S/C21H29ClN2O3S/c1-21(2,24-28(26,27)12-13-3-5-18(22)6-4-13)20(25)23-19-16-8-14-7-15(10-16)11-17(19)9-14/h3-6,14-17,19,24H,7-12H2,1-2H3,(H,23,25). The van der Waals surface area contributed by atoms with Gasteiger partial charge in [-0.1, -0.05) is 23.7 Å². The minimum Gasteiger partial charge on any atom is -0.351 e. The maximum atomic E-state index is 13.0. The Balaban J connectivity index is 1.39. The van der Waals surface area contributed by atoms with Gasteiger partial charge in [0.1, 0.15) is 5.54 Å². The molecule has 1 amide bonds. The largest absolute Gasteiger partial charge is 0.351 e. The number of carbonyl (C=O) groups is 1. The first kappa shape index (κ1) is 20.2. The highest BCUT2D eigenvalue weighted by Crippen LogP contribution is 2.53. The summed E-state index contributed by atoms with van der Waals surface area (Å²) < 4.78 is 27.8. The van der Waals surface area contributed by atoms with Gasteiger partial charge in [-0.2, -0.15) is 4.72 Å². The molecule has 28 heavy (non-hydrogen) atoms. The molecule has 4 saturated carbocycles. The predicted molar refractivity (Wildman–Crippen MR) is 110 cm³/mol. The lowest BCUT2D eigenvalue weighted by molar-refractivity contribution is -0.129. The van der Waals surface area contributed by atoms with E-state index in [0.717, 1.165) is 11.8 Å². The van der Waals surface area contributed by atoms with Crippen LogP contribution in [0.25, 0.3) is 0 Å². The predicted octanol–water partition coefficient (Wildman–Crippen LogP) is 3.48. The molecule has 0 saturated heterocycles. The van der Waals surface area contributed by atoms with Gasteiger partial charge in [-0.05, 0) is 87.3 Å². The van der Waals surface area contributed by atoms with E-state index in [1.54, 1.807) is 38.1 Å². The lowest BCUT2D eigenvalue weighted by Gasteiger charge is -2.54. The number of carbonyl (C=O) groups excluding carboxylic acids is 1. The molecule has 0 unspecified atom stereocenters. The summed E-state index contributed by atoms with van der Waals surface area (Å²) in [5.74, 6) is 2.37. The fraction of sp³-hybridized carbons (Fsp3) is 0.667. The summed E-state index contributed by atoms with van der Waals surface area (Å²) in [4.78, 5) is 13.0. The van der Waals surface area contributed by atoms with Crippen molar-refractivity contribution in [3.8, 4) is 0 Å².